The second-order valence-corrected chi connectivity index (χ2v) is 7.34. The summed E-state index contributed by atoms with van der Waals surface area (Å²) in [5.74, 6) is 0.239. The van der Waals surface area contributed by atoms with Crippen LogP contribution in [0, 0.1) is 6.92 Å². The van der Waals surface area contributed by atoms with Crippen LogP contribution >= 0.6 is 11.8 Å². The van der Waals surface area contributed by atoms with E-state index in [1.54, 1.807) is 29.2 Å². The first-order valence-corrected chi connectivity index (χ1v) is 10.1. The van der Waals surface area contributed by atoms with Gasteiger partial charge < -0.3 is 9.88 Å². The number of thioether (sulfide) groups is 1. The molecule has 0 spiro atoms. The third kappa shape index (κ3) is 5.56. The fraction of sp³-hybridized carbons (Fsp3) is 0.300. The fourth-order valence-corrected chi connectivity index (χ4v) is 3.43. The molecule has 0 fully saturated rings. The molecule has 1 N–H and O–H groups in total. The van der Waals surface area contributed by atoms with Crippen molar-refractivity contribution >= 4 is 17.7 Å². The molecule has 0 saturated carbocycles. The van der Waals surface area contributed by atoms with Crippen LogP contribution in [0.2, 0.25) is 0 Å². The maximum atomic E-state index is 12.1. The Morgan fingerprint density at radius 1 is 1.14 bits per heavy atom. The van der Waals surface area contributed by atoms with Gasteiger partial charge in [-0.1, -0.05) is 35.5 Å². The smallest absolute Gasteiger partial charge is 0.250 e. The summed E-state index contributed by atoms with van der Waals surface area (Å²) in [5.41, 5.74) is 2.15. The molecule has 0 saturated heterocycles. The van der Waals surface area contributed by atoms with Crippen molar-refractivity contribution in [1.82, 2.24) is 24.6 Å². The van der Waals surface area contributed by atoms with Gasteiger partial charge in [-0.25, -0.2) is 0 Å². The van der Waals surface area contributed by atoms with E-state index in [-0.39, 0.29) is 17.2 Å². The summed E-state index contributed by atoms with van der Waals surface area (Å²) in [6.07, 6.45) is 5.08. The number of rotatable bonds is 9. The average Bonchev–Trinajstić information content (AvgIpc) is 3.16. The van der Waals surface area contributed by atoms with Crippen LogP contribution in [0.5, 0.6) is 0 Å². The standard InChI is InChI=1S/C20H23N5O2S/c1-16-7-9-17(10-8-16)25-15-22-23-20(25)28-14-18(26)21-11-3-5-13-24-12-4-2-6-19(24)27/h2,4,6-10,12,15H,3,5,11,13-14H2,1H3,(H,21,26). The molecule has 0 aliphatic rings. The summed E-state index contributed by atoms with van der Waals surface area (Å²) < 4.78 is 3.55. The minimum atomic E-state index is -0.0414. The predicted molar refractivity (Wildman–Crippen MR) is 110 cm³/mol. The van der Waals surface area contributed by atoms with Crippen molar-refractivity contribution < 1.29 is 4.79 Å². The largest absolute Gasteiger partial charge is 0.355 e. The zero-order valence-corrected chi connectivity index (χ0v) is 16.6. The van der Waals surface area contributed by atoms with Crippen LogP contribution in [0.3, 0.4) is 0 Å². The molecule has 3 aromatic rings. The summed E-state index contributed by atoms with van der Waals surface area (Å²) >= 11 is 1.36. The van der Waals surface area contributed by atoms with Gasteiger partial charge in [-0.15, -0.1) is 10.2 Å². The summed E-state index contributed by atoms with van der Waals surface area (Å²) in [6.45, 7) is 3.28. The highest BCUT2D eigenvalue weighted by Gasteiger charge is 2.10. The zero-order valence-electron chi connectivity index (χ0n) is 15.7. The maximum Gasteiger partial charge on any atom is 0.250 e. The molecule has 0 bridgehead atoms. The van der Waals surface area contributed by atoms with Crippen molar-refractivity contribution in [3.05, 3.63) is 70.9 Å². The first-order chi connectivity index (χ1) is 13.6. The van der Waals surface area contributed by atoms with Crippen LogP contribution in [-0.2, 0) is 11.3 Å². The number of benzene rings is 1. The Morgan fingerprint density at radius 3 is 2.75 bits per heavy atom. The van der Waals surface area contributed by atoms with Gasteiger partial charge in [0.2, 0.25) is 11.5 Å². The quantitative estimate of drug-likeness (QED) is 0.443. The normalized spacial score (nSPS) is 10.8. The van der Waals surface area contributed by atoms with Crippen LogP contribution in [0.1, 0.15) is 18.4 Å². The third-order valence-corrected chi connectivity index (χ3v) is 5.15. The SMILES string of the molecule is Cc1ccc(-n2cnnc2SCC(=O)NCCCCn2ccccc2=O)cc1. The van der Waals surface area contributed by atoms with E-state index >= 15 is 0 Å². The molecule has 2 heterocycles. The minimum Gasteiger partial charge on any atom is -0.355 e. The first-order valence-electron chi connectivity index (χ1n) is 9.15. The van der Waals surface area contributed by atoms with E-state index in [9.17, 15) is 9.59 Å². The van der Waals surface area contributed by atoms with E-state index in [0.717, 1.165) is 18.5 Å². The Hall–Kier alpha value is -2.87. The van der Waals surface area contributed by atoms with E-state index in [1.807, 2.05) is 41.8 Å². The molecule has 146 valence electrons. The number of pyridine rings is 1. The number of aryl methyl sites for hydroxylation is 2. The number of carbonyl (C=O) groups is 1. The molecule has 2 aromatic heterocycles. The Labute approximate surface area is 167 Å². The lowest BCUT2D eigenvalue weighted by Crippen LogP contribution is -2.26. The monoisotopic (exact) mass is 397 g/mol. The highest BCUT2D eigenvalue weighted by Crippen LogP contribution is 2.19. The number of aromatic nitrogens is 4. The summed E-state index contributed by atoms with van der Waals surface area (Å²) in [7, 11) is 0. The van der Waals surface area contributed by atoms with Gasteiger partial charge in [0.1, 0.15) is 6.33 Å². The lowest BCUT2D eigenvalue weighted by Gasteiger charge is -2.08. The topological polar surface area (TPSA) is 81.8 Å². The fourth-order valence-electron chi connectivity index (χ4n) is 2.67. The molecule has 1 aromatic carbocycles. The zero-order chi connectivity index (χ0) is 19.8. The highest BCUT2D eigenvalue weighted by molar-refractivity contribution is 7.99. The lowest BCUT2D eigenvalue weighted by atomic mass is 10.2. The van der Waals surface area contributed by atoms with E-state index in [0.29, 0.717) is 18.2 Å². The molecule has 8 heteroatoms. The van der Waals surface area contributed by atoms with Crippen molar-refractivity contribution in [3.63, 3.8) is 0 Å². The van der Waals surface area contributed by atoms with Crippen molar-refractivity contribution in [2.45, 2.75) is 31.5 Å². The second-order valence-electron chi connectivity index (χ2n) is 6.40. The molecule has 1 amide bonds. The van der Waals surface area contributed by atoms with Crippen molar-refractivity contribution in [3.8, 4) is 5.69 Å². The molecule has 28 heavy (non-hydrogen) atoms. The van der Waals surface area contributed by atoms with Crippen LogP contribution < -0.4 is 10.9 Å². The molecule has 0 aliphatic carbocycles. The first kappa shape index (κ1) is 19.9. The van der Waals surface area contributed by atoms with E-state index in [1.165, 1.54) is 17.3 Å². The Bertz CT molecular complexity index is 965. The number of nitrogens with zero attached hydrogens (tertiary/aromatic N) is 4. The number of hydrogen-bond donors (Lipinski definition) is 1. The summed E-state index contributed by atoms with van der Waals surface area (Å²) in [4.78, 5) is 23.7. The Kier molecular flexibility index (Phi) is 7.02. The molecular weight excluding hydrogens is 374 g/mol. The Morgan fingerprint density at radius 2 is 1.96 bits per heavy atom. The minimum absolute atomic E-state index is 0.000578. The van der Waals surface area contributed by atoms with E-state index in [2.05, 4.69) is 15.5 Å². The number of hydrogen-bond acceptors (Lipinski definition) is 5. The van der Waals surface area contributed by atoms with Gasteiger partial charge in [0.15, 0.2) is 5.16 Å². The van der Waals surface area contributed by atoms with Crippen molar-refractivity contribution in [2.75, 3.05) is 12.3 Å². The predicted octanol–water partition coefficient (Wildman–Crippen LogP) is 2.43. The molecule has 7 nitrogen and oxygen atoms in total. The number of carbonyl (C=O) groups excluding carboxylic acids is 1. The van der Waals surface area contributed by atoms with Gasteiger partial charge in [0.25, 0.3) is 0 Å². The Balaban J connectivity index is 1.39. The van der Waals surface area contributed by atoms with Gasteiger partial charge in [-0.2, -0.15) is 0 Å². The van der Waals surface area contributed by atoms with Crippen LogP contribution in [-0.4, -0.2) is 37.5 Å². The summed E-state index contributed by atoms with van der Waals surface area (Å²) in [5, 5.41) is 11.6. The van der Waals surface area contributed by atoms with Crippen LogP contribution in [0.25, 0.3) is 5.69 Å². The van der Waals surface area contributed by atoms with Crippen molar-refractivity contribution in [2.24, 2.45) is 0 Å². The van der Waals surface area contributed by atoms with Gasteiger partial charge in [0, 0.05) is 31.0 Å². The number of unbranched alkanes of at least 4 members (excludes halogenated alkanes) is 1. The van der Waals surface area contributed by atoms with Crippen LogP contribution in [0.15, 0.2) is 64.9 Å². The van der Waals surface area contributed by atoms with Crippen molar-refractivity contribution in [1.29, 1.82) is 0 Å². The van der Waals surface area contributed by atoms with E-state index in [4.69, 9.17) is 0 Å². The summed E-state index contributed by atoms with van der Waals surface area (Å²) in [6, 6.07) is 13.2. The van der Waals surface area contributed by atoms with Crippen LogP contribution in [0.4, 0.5) is 0 Å². The number of amides is 1. The second kappa shape index (κ2) is 9.89. The molecule has 0 atom stereocenters. The highest BCUT2D eigenvalue weighted by atomic mass is 32.2. The van der Waals surface area contributed by atoms with Gasteiger partial charge in [-0.3, -0.25) is 14.2 Å². The molecular formula is C20H23N5O2S. The average molecular weight is 398 g/mol. The number of nitrogens with one attached hydrogen (secondary N) is 1. The van der Waals surface area contributed by atoms with Gasteiger partial charge >= 0.3 is 0 Å². The molecule has 0 aliphatic heterocycles. The van der Waals surface area contributed by atoms with E-state index < -0.39 is 0 Å². The molecule has 0 unspecified atom stereocenters. The molecule has 0 radical (unpaired) electrons. The van der Waals surface area contributed by atoms with Gasteiger partial charge in [0.05, 0.1) is 5.75 Å². The maximum absolute atomic E-state index is 12.1. The molecule has 3 rings (SSSR count). The third-order valence-electron chi connectivity index (χ3n) is 4.21. The lowest BCUT2D eigenvalue weighted by molar-refractivity contribution is -0.118. The van der Waals surface area contributed by atoms with Gasteiger partial charge in [-0.05, 0) is 38.0 Å².